The minimum absolute atomic E-state index is 0.0392. The van der Waals surface area contributed by atoms with Crippen LogP contribution >= 0.6 is 0 Å². The molecular formula is C12H21N. The fourth-order valence-corrected chi connectivity index (χ4v) is 3.74. The van der Waals surface area contributed by atoms with Crippen molar-refractivity contribution in [2.24, 2.45) is 17.1 Å². The van der Waals surface area contributed by atoms with Crippen molar-refractivity contribution >= 4 is 0 Å². The topological polar surface area (TPSA) is 26.0 Å². The van der Waals surface area contributed by atoms with Gasteiger partial charge >= 0.3 is 0 Å². The Morgan fingerprint density at radius 1 is 1.46 bits per heavy atom. The molecule has 2 aliphatic rings. The van der Waals surface area contributed by atoms with Crippen LogP contribution in [0.5, 0.6) is 0 Å². The first-order valence-electron chi connectivity index (χ1n) is 5.38. The highest BCUT2D eigenvalue weighted by Crippen LogP contribution is 2.49. The van der Waals surface area contributed by atoms with Gasteiger partial charge in [-0.1, -0.05) is 25.5 Å². The van der Waals surface area contributed by atoms with Gasteiger partial charge < -0.3 is 5.73 Å². The molecule has 0 saturated heterocycles. The molecule has 13 heavy (non-hydrogen) atoms. The molecule has 0 heterocycles. The molecule has 2 rings (SSSR count). The van der Waals surface area contributed by atoms with Crippen LogP contribution in [0.25, 0.3) is 0 Å². The standard InChI is InChI=1S/C12H21N/c1-9-4-10-6-11(2,5-9)8-12(3,13)7-10/h7,9H,4-6,8,13H2,1-3H3/t9?,11-,12?/m0/s1. The highest BCUT2D eigenvalue weighted by molar-refractivity contribution is 5.22. The van der Waals surface area contributed by atoms with E-state index in [9.17, 15) is 0 Å². The fourth-order valence-electron chi connectivity index (χ4n) is 3.74. The Bertz CT molecular complexity index is 252. The molecule has 1 fully saturated rings. The Balaban J connectivity index is 2.31. The van der Waals surface area contributed by atoms with Gasteiger partial charge in [0.1, 0.15) is 0 Å². The second-order valence-corrected chi connectivity index (χ2v) is 5.99. The maximum atomic E-state index is 6.22. The Morgan fingerprint density at radius 2 is 2.15 bits per heavy atom. The second kappa shape index (κ2) is 2.60. The van der Waals surface area contributed by atoms with Gasteiger partial charge in [-0.05, 0) is 43.9 Å². The second-order valence-electron chi connectivity index (χ2n) is 5.99. The largest absolute Gasteiger partial charge is 0.322 e. The molecule has 1 heteroatoms. The molecule has 74 valence electrons. The molecule has 0 aromatic heterocycles. The Hall–Kier alpha value is -0.300. The summed E-state index contributed by atoms with van der Waals surface area (Å²) in [7, 11) is 0. The summed E-state index contributed by atoms with van der Waals surface area (Å²) >= 11 is 0. The maximum absolute atomic E-state index is 6.22. The first kappa shape index (κ1) is 9.26. The Morgan fingerprint density at radius 3 is 2.77 bits per heavy atom. The van der Waals surface area contributed by atoms with E-state index in [4.69, 9.17) is 5.73 Å². The van der Waals surface area contributed by atoms with Gasteiger partial charge in [0.05, 0.1) is 0 Å². The van der Waals surface area contributed by atoms with Crippen molar-refractivity contribution in [3.05, 3.63) is 11.6 Å². The van der Waals surface area contributed by atoms with E-state index >= 15 is 0 Å². The SMILES string of the molecule is CC1CC2=CC(C)(N)C[C@](C)(C2)C1. The lowest BCUT2D eigenvalue weighted by molar-refractivity contribution is 0.148. The number of fused-ring (bicyclic) bond motifs is 2. The monoisotopic (exact) mass is 179 g/mol. The van der Waals surface area contributed by atoms with Gasteiger partial charge in [-0.15, -0.1) is 0 Å². The zero-order valence-electron chi connectivity index (χ0n) is 9.06. The van der Waals surface area contributed by atoms with Crippen molar-refractivity contribution in [3.8, 4) is 0 Å². The van der Waals surface area contributed by atoms with Crippen molar-refractivity contribution in [3.63, 3.8) is 0 Å². The van der Waals surface area contributed by atoms with E-state index < -0.39 is 0 Å². The van der Waals surface area contributed by atoms with Gasteiger partial charge in [0.25, 0.3) is 0 Å². The molecule has 2 aliphatic carbocycles. The van der Waals surface area contributed by atoms with E-state index in [1.165, 1.54) is 19.3 Å². The number of nitrogens with two attached hydrogens (primary N) is 1. The molecule has 3 atom stereocenters. The lowest BCUT2D eigenvalue weighted by Gasteiger charge is -2.47. The number of hydrogen-bond donors (Lipinski definition) is 1. The van der Waals surface area contributed by atoms with Crippen molar-refractivity contribution in [1.82, 2.24) is 0 Å². The lowest BCUT2D eigenvalue weighted by atomic mass is 9.60. The van der Waals surface area contributed by atoms with Crippen LogP contribution in [-0.4, -0.2) is 5.54 Å². The summed E-state index contributed by atoms with van der Waals surface area (Å²) in [4.78, 5) is 0. The number of hydrogen-bond acceptors (Lipinski definition) is 1. The summed E-state index contributed by atoms with van der Waals surface area (Å²) < 4.78 is 0. The summed E-state index contributed by atoms with van der Waals surface area (Å²) in [5, 5.41) is 0. The molecule has 2 unspecified atom stereocenters. The van der Waals surface area contributed by atoms with Gasteiger partial charge in [-0.3, -0.25) is 0 Å². The van der Waals surface area contributed by atoms with Crippen LogP contribution in [0.2, 0.25) is 0 Å². The van der Waals surface area contributed by atoms with Crippen molar-refractivity contribution in [2.75, 3.05) is 0 Å². The van der Waals surface area contributed by atoms with E-state index in [1.54, 1.807) is 5.57 Å². The van der Waals surface area contributed by atoms with Gasteiger partial charge in [0.2, 0.25) is 0 Å². The van der Waals surface area contributed by atoms with Crippen molar-refractivity contribution in [2.45, 2.75) is 52.0 Å². The van der Waals surface area contributed by atoms with Crippen LogP contribution in [0, 0.1) is 11.3 Å². The molecule has 0 aromatic rings. The molecule has 0 radical (unpaired) electrons. The fraction of sp³-hybridized carbons (Fsp3) is 0.833. The lowest BCUT2D eigenvalue weighted by Crippen LogP contribution is -2.45. The average Bonchev–Trinajstić information content (AvgIpc) is 1.75. The first-order valence-corrected chi connectivity index (χ1v) is 5.38. The molecule has 2 N–H and O–H groups in total. The number of allylic oxidation sites excluding steroid dienone is 1. The maximum Gasteiger partial charge on any atom is 0.0318 e. The smallest absolute Gasteiger partial charge is 0.0318 e. The molecule has 0 aliphatic heterocycles. The van der Waals surface area contributed by atoms with Crippen molar-refractivity contribution in [1.29, 1.82) is 0 Å². The first-order chi connectivity index (χ1) is 5.89. The van der Waals surface area contributed by atoms with E-state index in [1.807, 2.05) is 0 Å². The molecule has 0 spiro atoms. The summed E-state index contributed by atoms with van der Waals surface area (Å²) in [6.45, 7) is 6.94. The summed E-state index contributed by atoms with van der Waals surface area (Å²) in [5.74, 6) is 0.862. The number of rotatable bonds is 0. The van der Waals surface area contributed by atoms with Gasteiger partial charge in [-0.2, -0.15) is 0 Å². The predicted octanol–water partition coefficient (Wildman–Crippen LogP) is 2.86. The van der Waals surface area contributed by atoms with Crippen LogP contribution < -0.4 is 5.73 Å². The van der Waals surface area contributed by atoms with Crippen LogP contribution in [0.1, 0.15) is 46.5 Å². The molecule has 1 nitrogen and oxygen atoms in total. The third-order valence-electron chi connectivity index (χ3n) is 3.45. The van der Waals surface area contributed by atoms with E-state index in [0.29, 0.717) is 5.41 Å². The van der Waals surface area contributed by atoms with Crippen LogP contribution in [0.15, 0.2) is 11.6 Å². The third kappa shape index (κ3) is 1.80. The highest BCUT2D eigenvalue weighted by Gasteiger charge is 2.40. The summed E-state index contributed by atoms with van der Waals surface area (Å²) in [5.41, 5.74) is 8.28. The Labute approximate surface area is 81.4 Å². The zero-order valence-corrected chi connectivity index (χ0v) is 9.06. The zero-order chi connectivity index (χ0) is 9.69. The van der Waals surface area contributed by atoms with Gasteiger partial charge in [-0.25, -0.2) is 0 Å². The minimum atomic E-state index is -0.0392. The van der Waals surface area contributed by atoms with E-state index in [2.05, 4.69) is 26.8 Å². The van der Waals surface area contributed by atoms with E-state index in [-0.39, 0.29) is 5.54 Å². The van der Waals surface area contributed by atoms with Crippen LogP contribution in [0.3, 0.4) is 0 Å². The highest BCUT2D eigenvalue weighted by atomic mass is 14.7. The molecular weight excluding hydrogens is 158 g/mol. The minimum Gasteiger partial charge on any atom is -0.322 e. The van der Waals surface area contributed by atoms with Gasteiger partial charge in [0, 0.05) is 5.54 Å². The summed E-state index contributed by atoms with van der Waals surface area (Å²) in [6, 6.07) is 0. The third-order valence-corrected chi connectivity index (χ3v) is 3.45. The quantitative estimate of drug-likeness (QED) is 0.568. The average molecular weight is 179 g/mol. The van der Waals surface area contributed by atoms with E-state index in [0.717, 1.165) is 12.3 Å². The predicted molar refractivity (Wildman–Crippen MR) is 56.4 cm³/mol. The van der Waals surface area contributed by atoms with Crippen LogP contribution in [-0.2, 0) is 0 Å². The van der Waals surface area contributed by atoms with Crippen molar-refractivity contribution < 1.29 is 0 Å². The molecule has 1 saturated carbocycles. The Kier molecular flexibility index (Phi) is 1.85. The molecule has 2 bridgehead atoms. The van der Waals surface area contributed by atoms with Crippen LogP contribution in [0.4, 0.5) is 0 Å². The molecule has 0 amide bonds. The summed E-state index contributed by atoms with van der Waals surface area (Å²) in [6.07, 6.45) is 7.42. The van der Waals surface area contributed by atoms with Gasteiger partial charge in [0.15, 0.2) is 0 Å². The molecule has 0 aromatic carbocycles. The normalized spacial score (nSPS) is 50.2.